The molecule has 5 rings (SSSR count). The van der Waals surface area contributed by atoms with Gasteiger partial charge in [-0.1, -0.05) is 19.6 Å². The lowest BCUT2D eigenvalue weighted by molar-refractivity contribution is 0.0863. The van der Waals surface area contributed by atoms with Crippen molar-refractivity contribution in [3.05, 3.63) is 53.7 Å². The number of carbonyl (C=O) groups excluding carboxylic acids is 1. The van der Waals surface area contributed by atoms with Crippen LogP contribution in [0.25, 0.3) is 22.0 Å². The van der Waals surface area contributed by atoms with Crippen molar-refractivity contribution >= 4 is 41.8 Å². The van der Waals surface area contributed by atoms with E-state index in [1.807, 2.05) is 12.3 Å². The van der Waals surface area contributed by atoms with Crippen LogP contribution in [0, 0.1) is 6.92 Å². The van der Waals surface area contributed by atoms with Crippen molar-refractivity contribution in [2.45, 2.75) is 71.7 Å². The summed E-state index contributed by atoms with van der Waals surface area (Å²) < 4.78 is 14.0. The number of aryl methyl sites for hydroxylation is 1. The van der Waals surface area contributed by atoms with Gasteiger partial charge in [-0.3, -0.25) is 9.69 Å². The Kier molecular flexibility index (Phi) is 7.20. The van der Waals surface area contributed by atoms with E-state index in [0.29, 0.717) is 41.1 Å². The molecule has 4 aromatic rings. The maximum absolute atomic E-state index is 13.0. The molecule has 0 radical (unpaired) electrons. The van der Waals surface area contributed by atoms with Gasteiger partial charge in [0.15, 0.2) is 11.5 Å². The maximum Gasteiger partial charge on any atom is 0.256 e. The number of nitrogens with zero attached hydrogens (tertiary/aromatic N) is 4. The number of aromatic nitrogens is 3. The minimum absolute atomic E-state index is 0.231. The molecule has 0 saturated carbocycles. The van der Waals surface area contributed by atoms with Crippen LogP contribution in [0.2, 0.25) is 25.7 Å². The third-order valence-corrected chi connectivity index (χ3v) is 8.85. The van der Waals surface area contributed by atoms with Crippen LogP contribution in [0.1, 0.15) is 41.7 Å². The number of nitrogens with one attached hydrogen (secondary N) is 1. The molecule has 8 nitrogen and oxygen atoms in total. The van der Waals surface area contributed by atoms with Gasteiger partial charge in [-0.05, 0) is 56.6 Å². The molecule has 0 bridgehead atoms. The highest BCUT2D eigenvalue weighted by Crippen LogP contribution is 2.27. The molecule has 1 amide bonds. The lowest BCUT2D eigenvalue weighted by Gasteiger charge is -2.22. The fourth-order valence-electron chi connectivity index (χ4n) is 4.91. The molecule has 9 heteroatoms. The molecule has 0 aliphatic carbocycles. The van der Waals surface area contributed by atoms with Crippen molar-refractivity contribution in [3.8, 4) is 0 Å². The average Bonchev–Trinajstić information content (AvgIpc) is 3.51. The van der Waals surface area contributed by atoms with E-state index in [1.165, 1.54) is 18.5 Å². The predicted octanol–water partition coefficient (Wildman–Crippen LogP) is 6.03. The summed E-state index contributed by atoms with van der Waals surface area (Å²) in [5.74, 6) is 0.855. The number of likely N-dealkylation sites (tertiary alicyclic amines) is 1. The second-order valence-electron chi connectivity index (χ2n) is 11.4. The van der Waals surface area contributed by atoms with Crippen molar-refractivity contribution in [1.82, 2.24) is 19.4 Å². The first-order valence-corrected chi connectivity index (χ1v) is 16.9. The van der Waals surface area contributed by atoms with E-state index in [1.54, 1.807) is 25.1 Å². The maximum atomic E-state index is 13.0. The summed E-state index contributed by atoms with van der Waals surface area (Å²) in [5.41, 5.74) is 4.08. The molecule has 0 spiro atoms. The Hall–Kier alpha value is -3.01. The number of hydrogen-bond acceptors (Lipinski definition) is 6. The van der Waals surface area contributed by atoms with Crippen LogP contribution >= 0.6 is 0 Å². The lowest BCUT2D eigenvalue weighted by Crippen LogP contribution is -2.27. The van der Waals surface area contributed by atoms with E-state index in [-0.39, 0.29) is 5.91 Å². The van der Waals surface area contributed by atoms with E-state index in [4.69, 9.17) is 9.15 Å². The van der Waals surface area contributed by atoms with Crippen LogP contribution in [0.15, 0.2) is 40.9 Å². The van der Waals surface area contributed by atoms with Crippen molar-refractivity contribution in [1.29, 1.82) is 0 Å². The highest BCUT2D eigenvalue weighted by atomic mass is 28.3. The van der Waals surface area contributed by atoms with E-state index in [0.717, 1.165) is 36.6 Å². The molecule has 1 N–H and O–H groups in total. The zero-order valence-electron chi connectivity index (χ0n) is 22.5. The van der Waals surface area contributed by atoms with Crippen LogP contribution in [0.5, 0.6) is 0 Å². The normalized spacial score (nSPS) is 16.7. The molecule has 1 aliphatic rings. The van der Waals surface area contributed by atoms with Crippen LogP contribution in [0.3, 0.4) is 0 Å². The van der Waals surface area contributed by atoms with Gasteiger partial charge in [0.1, 0.15) is 18.1 Å². The third-order valence-electron chi connectivity index (χ3n) is 7.14. The smallest absolute Gasteiger partial charge is 0.256 e. The first-order valence-electron chi connectivity index (χ1n) is 13.1. The Morgan fingerprint density at radius 2 is 2.08 bits per heavy atom. The van der Waals surface area contributed by atoms with Crippen LogP contribution in [-0.4, -0.2) is 52.6 Å². The van der Waals surface area contributed by atoms with Crippen molar-refractivity contribution in [2.24, 2.45) is 0 Å². The zero-order chi connectivity index (χ0) is 26.2. The predicted molar refractivity (Wildman–Crippen MR) is 150 cm³/mol. The third kappa shape index (κ3) is 5.95. The van der Waals surface area contributed by atoms with Gasteiger partial charge in [-0.25, -0.2) is 9.97 Å². The standard InChI is InChI=1S/C28H37N5O3Si/c1-19-7-6-10-32(19)17-23-13-22-16-29-27(15-25(22)33(23)18-35-11-12-37(3,4)5)31-28(34)21-8-9-26-24(14-21)30-20(2)36-26/h8-9,13-16,19H,6-7,10-12,17-18H2,1-5H3,(H,29,31,34)/t19-/m0/s1. The van der Waals surface area contributed by atoms with Gasteiger partial charge in [-0.15, -0.1) is 0 Å². The van der Waals surface area contributed by atoms with Crippen molar-refractivity contribution < 1.29 is 13.9 Å². The summed E-state index contributed by atoms with van der Waals surface area (Å²) in [4.78, 5) is 24.4. The van der Waals surface area contributed by atoms with E-state index < -0.39 is 8.07 Å². The minimum Gasteiger partial charge on any atom is -0.441 e. The second-order valence-corrected chi connectivity index (χ2v) is 17.0. The lowest BCUT2D eigenvalue weighted by atomic mass is 10.2. The molecule has 1 aromatic carbocycles. The highest BCUT2D eigenvalue weighted by Gasteiger charge is 2.23. The van der Waals surface area contributed by atoms with E-state index in [2.05, 4.69) is 57.4 Å². The fourth-order valence-corrected chi connectivity index (χ4v) is 5.66. The minimum atomic E-state index is -1.17. The average molecular weight is 520 g/mol. The van der Waals surface area contributed by atoms with Crippen molar-refractivity contribution in [3.63, 3.8) is 0 Å². The molecule has 37 heavy (non-hydrogen) atoms. The number of anilines is 1. The van der Waals surface area contributed by atoms with Gasteiger partial charge in [-0.2, -0.15) is 0 Å². The summed E-state index contributed by atoms with van der Waals surface area (Å²) in [7, 11) is -1.17. The second kappa shape index (κ2) is 10.4. The Morgan fingerprint density at radius 3 is 2.84 bits per heavy atom. The van der Waals surface area contributed by atoms with Crippen LogP contribution in [0.4, 0.5) is 5.82 Å². The number of benzene rings is 1. The number of fused-ring (bicyclic) bond motifs is 2. The topological polar surface area (TPSA) is 85.4 Å². The summed E-state index contributed by atoms with van der Waals surface area (Å²) in [6.07, 6.45) is 4.32. The molecule has 1 fully saturated rings. The molecule has 3 aromatic heterocycles. The largest absolute Gasteiger partial charge is 0.441 e. The van der Waals surface area contributed by atoms with Crippen molar-refractivity contribution in [2.75, 3.05) is 18.5 Å². The number of oxazole rings is 1. The van der Waals surface area contributed by atoms with Crippen LogP contribution in [-0.2, 0) is 18.0 Å². The first-order chi connectivity index (χ1) is 17.7. The Labute approximate surface area is 219 Å². The summed E-state index contributed by atoms with van der Waals surface area (Å²) in [6, 6.07) is 11.1. The molecular formula is C28H37N5O3Si. The molecule has 0 unspecified atom stereocenters. The number of hydrogen-bond donors (Lipinski definition) is 1. The number of ether oxygens (including phenoxy) is 1. The van der Waals surface area contributed by atoms with Gasteiger partial charge >= 0.3 is 0 Å². The van der Waals surface area contributed by atoms with Gasteiger partial charge in [0.05, 0.1) is 5.52 Å². The number of rotatable bonds is 9. The highest BCUT2D eigenvalue weighted by molar-refractivity contribution is 6.76. The molecule has 1 saturated heterocycles. The summed E-state index contributed by atoms with van der Waals surface area (Å²) in [6.45, 7) is 14.4. The molecule has 196 valence electrons. The number of pyridine rings is 1. The monoisotopic (exact) mass is 519 g/mol. The molecular weight excluding hydrogens is 482 g/mol. The molecule has 4 heterocycles. The van der Waals surface area contributed by atoms with Crippen LogP contribution < -0.4 is 5.32 Å². The van der Waals surface area contributed by atoms with Gasteiger partial charge in [0.25, 0.3) is 5.91 Å². The molecule has 1 aliphatic heterocycles. The van der Waals surface area contributed by atoms with E-state index in [9.17, 15) is 4.79 Å². The SMILES string of the molecule is Cc1nc2cc(C(=O)Nc3cc4c(cn3)cc(CN3CCC[C@@H]3C)n4COCC[Si](C)(C)C)ccc2o1. The Morgan fingerprint density at radius 1 is 1.24 bits per heavy atom. The molecule has 1 atom stereocenters. The summed E-state index contributed by atoms with van der Waals surface area (Å²) in [5, 5.41) is 4.01. The first kappa shape index (κ1) is 25.6. The quantitative estimate of drug-likeness (QED) is 0.214. The Balaban J connectivity index is 1.39. The summed E-state index contributed by atoms with van der Waals surface area (Å²) >= 11 is 0. The fraction of sp³-hybridized carbons (Fsp3) is 0.464. The Bertz CT molecular complexity index is 1420. The number of carbonyl (C=O) groups is 1. The van der Waals surface area contributed by atoms with Gasteiger partial charge in [0, 0.05) is 63.1 Å². The number of amides is 1. The van der Waals surface area contributed by atoms with Gasteiger partial charge in [0.2, 0.25) is 0 Å². The van der Waals surface area contributed by atoms with Gasteiger partial charge < -0.3 is 19.0 Å². The zero-order valence-corrected chi connectivity index (χ0v) is 23.5. The van der Waals surface area contributed by atoms with E-state index >= 15 is 0 Å².